The first-order valence-corrected chi connectivity index (χ1v) is 7.71. The third-order valence-corrected chi connectivity index (χ3v) is 4.07. The summed E-state index contributed by atoms with van der Waals surface area (Å²) in [6.07, 6.45) is 4.61. The van der Waals surface area contributed by atoms with Gasteiger partial charge < -0.3 is 5.73 Å². The molecule has 0 unspecified atom stereocenters. The molecule has 0 atom stereocenters. The highest BCUT2D eigenvalue weighted by molar-refractivity contribution is 5.76. The van der Waals surface area contributed by atoms with Gasteiger partial charge in [-0.05, 0) is 35.2 Å². The number of nitrogens with one attached hydrogen (secondary N) is 1. The molecular weight excluding hydrogens is 302 g/mol. The van der Waals surface area contributed by atoms with Crippen molar-refractivity contribution in [3.05, 3.63) is 65.0 Å². The van der Waals surface area contributed by atoms with E-state index in [4.69, 9.17) is 5.73 Å². The fourth-order valence-electron chi connectivity index (χ4n) is 2.82. The van der Waals surface area contributed by atoms with Gasteiger partial charge in [0.25, 0.3) is 0 Å². The summed E-state index contributed by atoms with van der Waals surface area (Å²) in [6, 6.07) is 10.2. The monoisotopic (exact) mass is 319 g/mol. The first-order chi connectivity index (χ1) is 11.7. The lowest BCUT2D eigenvalue weighted by Gasteiger charge is -2.05. The van der Waals surface area contributed by atoms with Gasteiger partial charge in [0.15, 0.2) is 0 Å². The zero-order valence-corrected chi connectivity index (χ0v) is 13.3. The number of aromatic nitrogens is 6. The maximum absolute atomic E-state index is 5.85. The molecule has 0 spiro atoms. The Labute approximate surface area is 138 Å². The van der Waals surface area contributed by atoms with Crippen molar-refractivity contribution in [3.8, 4) is 0 Å². The number of H-pyrrole nitrogens is 1. The lowest BCUT2D eigenvalue weighted by atomic mass is 10.1. The van der Waals surface area contributed by atoms with E-state index in [1.807, 2.05) is 29.1 Å². The first kappa shape index (κ1) is 14.4. The molecule has 0 amide bonds. The quantitative estimate of drug-likeness (QED) is 0.600. The van der Waals surface area contributed by atoms with Gasteiger partial charge in [-0.15, -0.1) is 5.10 Å². The number of nitrogens with two attached hydrogens (primary N) is 1. The van der Waals surface area contributed by atoms with E-state index >= 15 is 0 Å². The molecule has 1 aromatic carbocycles. The number of rotatable bonds is 4. The Balaban J connectivity index is 1.59. The number of aryl methyl sites for hydroxylation is 1. The Morgan fingerprint density at radius 2 is 2.04 bits per heavy atom. The van der Waals surface area contributed by atoms with Gasteiger partial charge >= 0.3 is 0 Å². The summed E-state index contributed by atoms with van der Waals surface area (Å²) in [5.41, 5.74) is 11.7. The van der Waals surface area contributed by atoms with Crippen molar-refractivity contribution in [2.75, 3.05) is 5.73 Å². The summed E-state index contributed by atoms with van der Waals surface area (Å²) < 4.78 is 1.95. The van der Waals surface area contributed by atoms with Gasteiger partial charge in [-0.25, -0.2) is 4.98 Å². The van der Waals surface area contributed by atoms with Crippen LogP contribution in [0, 0.1) is 6.92 Å². The molecule has 24 heavy (non-hydrogen) atoms. The van der Waals surface area contributed by atoms with Crippen molar-refractivity contribution >= 4 is 17.0 Å². The third kappa shape index (κ3) is 2.71. The van der Waals surface area contributed by atoms with Crippen LogP contribution in [-0.4, -0.2) is 30.2 Å². The fourth-order valence-corrected chi connectivity index (χ4v) is 2.82. The minimum absolute atomic E-state index is 0.443. The SMILES string of the molecule is Cc1ccccc1Cn1cc(Cc2cc(N)nc3n[nH]nc23)cn1. The topological polar surface area (TPSA) is 98.3 Å². The van der Waals surface area contributed by atoms with Gasteiger partial charge in [0.2, 0.25) is 5.65 Å². The van der Waals surface area contributed by atoms with Gasteiger partial charge in [0, 0.05) is 12.6 Å². The molecule has 3 N–H and O–H groups in total. The molecule has 0 aliphatic rings. The van der Waals surface area contributed by atoms with Gasteiger partial charge in [0.05, 0.1) is 12.7 Å². The van der Waals surface area contributed by atoms with E-state index < -0.39 is 0 Å². The molecule has 4 aromatic rings. The van der Waals surface area contributed by atoms with E-state index in [2.05, 4.69) is 50.7 Å². The normalized spacial score (nSPS) is 11.2. The number of hydrogen-bond donors (Lipinski definition) is 2. The van der Waals surface area contributed by atoms with Crippen molar-refractivity contribution in [2.24, 2.45) is 0 Å². The van der Waals surface area contributed by atoms with E-state index in [9.17, 15) is 0 Å². The number of nitrogens with zero attached hydrogens (tertiary/aromatic N) is 5. The highest BCUT2D eigenvalue weighted by Crippen LogP contribution is 2.19. The largest absolute Gasteiger partial charge is 0.384 e. The number of nitrogen functional groups attached to an aromatic ring is 1. The van der Waals surface area contributed by atoms with Crippen LogP contribution < -0.4 is 5.73 Å². The molecule has 4 rings (SSSR count). The second-order valence-corrected chi connectivity index (χ2v) is 5.85. The van der Waals surface area contributed by atoms with E-state index in [1.54, 1.807) is 0 Å². The smallest absolute Gasteiger partial charge is 0.203 e. The van der Waals surface area contributed by atoms with Crippen LogP contribution in [-0.2, 0) is 13.0 Å². The summed E-state index contributed by atoms with van der Waals surface area (Å²) in [7, 11) is 0. The van der Waals surface area contributed by atoms with Gasteiger partial charge in [0.1, 0.15) is 11.3 Å². The fraction of sp³-hybridized carbons (Fsp3) is 0.176. The van der Waals surface area contributed by atoms with Crippen LogP contribution in [0.15, 0.2) is 42.7 Å². The molecule has 0 radical (unpaired) electrons. The number of pyridine rings is 1. The van der Waals surface area contributed by atoms with Crippen LogP contribution in [0.3, 0.4) is 0 Å². The molecule has 0 aliphatic heterocycles. The van der Waals surface area contributed by atoms with Crippen molar-refractivity contribution in [1.82, 2.24) is 30.2 Å². The van der Waals surface area contributed by atoms with Crippen LogP contribution in [0.5, 0.6) is 0 Å². The molecule has 0 aliphatic carbocycles. The average Bonchev–Trinajstić information content (AvgIpc) is 3.19. The van der Waals surface area contributed by atoms with Gasteiger partial charge in [-0.1, -0.05) is 24.3 Å². The minimum Gasteiger partial charge on any atom is -0.384 e. The van der Waals surface area contributed by atoms with Crippen LogP contribution in [0.4, 0.5) is 5.82 Å². The molecule has 0 saturated heterocycles. The number of benzene rings is 1. The molecule has 0 bridgehead atoms. The maximum Gasteiger partial charge on any atom is 0.203 e. The zero-order valence-electron chi connectivity index (χ0n) is 13.3. The number of fused-ring (bicyclic) bond motifs is 1. The van der Waals surface area contributed by atoms with Crippen molar-refractivity contribution in [2.45, 2.75) is 19.9 Å². The Bertz CT molecular complexity index is 999. The lowest BCUT2D eigenvalue weighted by Crippen LogP contribution is -2.01. The number of aromatic amines is 1. The molecule has 7 heteroatoms. The van der Waals surface area contributed by atoms with Crippen molar-refractivity contribution in [1.29, 1.82) is 0 Å². The van der Waals surface area contributed by atoms with Crippen molar-refractivity contribution < 1.29 is 0 Å². The highest BCUT2D eigenvalue weighted by Gasteiger charge is 2.10. The predicted octanol–water partition coefficient (Wildman–Crippen LogP) is 2.08. The molecular formula is C17H17N7. The van der Waals surface area contributed by atoms with E-state index in [1.165, 1.54) is 11.1 Å². The Hall–Kier alpha value is -3.22. The molecule has 0 fully saturated rings. The highest BCUT2D eigenvalue weighted by atomic mass is 15.3. The summed E-state index contributed by atoms with van der Waals surface area (Å²) in [5, 5.41) is 15.2. The van der Waals surface area contributed by atoms with E-state index in [0.717, 1.165) is 23.2 Å². The van der Waals surface area contributed by atoms with Crippen molar-refractivity contribution in [3.63, 3.8) is 0 Å². The van der Waals surface area contributed by atoms with Crippen LogP contribution in [0.1, 0.15) is 22.3 Å². The molecule has 3 heterocycles. The molecule has 7 nitrogen and oxygen atoms in total. The Kier molecular flexibility index (Phi) is 3.45. The third-order valence-electron chi connectivity index (χ3n) is 4.07. The minimum atomic E-state index is 0.443. The maximum atomic E-state index is 5.85. The standard InChI is InChI=1S/C17H17N7/c1-11-4-2-3-5-13(11)10-24-9-12(8-19-24)6-14-7-15(18)20-17-16(14)21-23-22-17/h2-5,7-9H,6,10H2,1H3,(H3,18,20,21,22,23). The Morgan fingerprint density at radius 3 is 2.92 bits per heavy atom. The lowest BCUT2D eigenvalue weighted by molar-refractivity contribution is 0.683. The molecule has 120 valence electrons. The van der Waals surface area contributed by atoms with Crippen LogP contribution in [0.25, 0.3) is 11.2 Å². The second-order valence-electron chi connectivity index (χ2n) is 5.85. The van der Waals surface area contributed by atoms with E-state index in [0.29, 0.717) is 17.9 Å². The second kappa shape index (κ2) is 5.77. The summed E-state index contributed by atoms with van der Waals surface area (Å²) in [4.78, 5) is 4.16. The number of anilines is 1. The van der Waals surface area contributed by atoms with Gasteiger partial charge in [-0.2, -0.15) is 15.4 Å². The van der Waals surface area contributed by atoms with Crippen LogP contribution >= 0.6 is 0 Å². The number of hydrogen-bond acceptors (Lipinski definition) is 5. The van der Waals surface area contributed by atoms with Crippen LogP contribution in [0.2, 0.25) is 0 Å². The zero-order chi connectivity index (χ0) is 16.5. The Morgan fingerprint density at radius 1 is 1.17 bits per heavy atom. The van der Waals surface area contributed by atoms with Gasteiger partial charge in [-0.3, -0.25) is 4.68 Å². The summed E-state index contributed by atoms with van der Waals surface area (Å²) >= 11 is 0. The summed E-state index contributed by atoms with van der Waals surface area (Å²) in [5.74, 6) is 0.443. The predicted molar refractivity (Wildman–Crippen MR) is 91.4 cm³/mol. The average molecular weight is 319 g/mol. The first-order valence-electron chi connectivity index (χ1n) is 7.71. The van der Waals surface area contributed by atoms with E-state index in [-0.39, 0.29) is 0 Å². The summed E-state index contributed by atoms with van der Waals surface area (Å²) in [6.45, 7) is 2.87. The molecule has 0 saturated carbocycles. The molecule has 3 aromatic heterocycles.